The van der Waals surface area contributed by atoms with Crippen molar-refractivity contribution in [2.45, 2.75) is 59.5 Å². The fourth-order valence-corrected chi connectivity index (χ4v) is 5.30. The molecular formula is C21H29N5O4. The number of hydrogen-bond acceptors (Lipinski definition) is 5. The molecule has 1 fully saturated rings. The first-order chi connectivity index (χ1) is 14.0. The summed E-state index contributed by atoms with van der Waals surface area (Å²) in [6.07, 6.45) is 5.15. The van der Waals surface area contributed by atoms with Gasteiger partial charge in [-0.1, -0.05) is 20.8 Å². The van der Waals surface area contributed by atoms with Crippen molar-refractivity contribution in [2.75, 3.05) is 7.11 Å². The molecular weight excluding hydrogens is 386 g/mol. The van der Waals surface area contributed by atoms with Crippen molar-refractivity contribution in [3.63, 3.8) is 0 Å². The molecule has 1 saturated carbocycles. The number of fused-ring (bicyclic) bond motifs is 3. The molecule has 30 heavy (non-hydrogen) atoms. The molecule has 0 aliphatic heterocycles. The van der Waals surface area contributed by atoms with Crippen LogP contribution >= 0.6 is 0 Å². The first kappa shape index (κ1) is 20.4. The van der Waals surface area contributed by atoms with Crippen LogP contribution in [0.4, 0.5) is 0 Å². The van der Waals surface area contributed by atoms with Gasteiger partial charge in [-0.25, -0.2) is 9.36 Å². The van der Waals surface area contributed by atoms with Crippen LogP contribution in [-0.4, -0.2) is 36.2 Å². The molecule has 162 valence electrons. The van der Waals surface area contributed by atoms with Crippen LogP contribution in [0.5, 0.6) is 0 Å². The van der Waals surface area contributed by atoms with Crippen molar-refractivity contribution in [3.05, 3.63) is 32.7 Å². The van der Waals surface area contributed by atoms with Gasteiger partial charge in [-0.3, -0.25) is 18.6 Å². The van der Waals surface area contributed by atoms with Crippen molar-refractivity contribution in [1.29, 1.82) is 0 Å². The number of aryl methyl sites for hydroxylation is 2. The van der Waals surface area contributed by atoms with E-state index in [1.807, 2.05) is 13.1 Å². The summed E-state index contributed by atoms with van der Waals surface area (Å²) in [6, 6.07) is 0.271. The standard InChI is InChI=1S/C21H29N5O4/c1-12-7-14(9-21(3,4)8-12)26-13(2)10-24-16-17(22-19(24)26)23(5)20(29)25(18(16)28)11-15(27)30-6/h10,12,14H,7-9,11H2,1-6H3/t12-,14+/m1/s1. The van der Waals surface area contributed by atoms with Gasteiger partial charge in [-0.15, -0.1) is 0 Å². The Hall–Kier alpha value is -2.84. The summed E-state index contributed by atoms with van der Waals surface area (Å²) in [5.74, 6) is 0.591. The van der Waals surface area contributed by atoms with Crippen molar-refractivity contribution in [2.24, 2.45) is 18.4 Å². The van der Waals surface area contributed by atoms with Gasteiger partial charge in [0.25, 0.3) is 5.56 Å². The number of imidazole rings is 2. The Bertz CT molecular complexity index is 1270. The Morgan fingerprint density at radius 1 is 1.30 bits per heavy atom. The van der Waals surface area contributed by atoms with Crippen molar-refractivity contribution < 1.29 is 9.53 Å². The summed E-state index contributed by atoms with van der Waals surface area (Å²) in [5, 5.41) is 0. The predicted molar refractivity (Wildman–Crippen MR) is 113 cm³/mol. The number of aromatic nitrogens is 5. The number of methoxy groups -OCH3 is 1. The second-order valence-corrected chi connectivity index (χ2v) is 9.47. The van der Waals surface area contributed by atoms with Gasteiger partial charge in [-0.2, -0.15) is 4.98 Å². The van der Waals surface area contributed by atoms with E-state index < -0.39 is 23.8 Å². The molecule has 0 aromatic carbocycles. The third kappa shape index (κ3) is 3.07. The summed E-state index contributed by atoms with van der Waals surface area (Å²) in [4.78, 5) is 42.3. The summed E-state index contributed by atoms with van der Waals surface area (Å²) >= 11 is 0. The van der Waals surface area contributed by atoms with Crippen molar-refractivity contribution in [1.82, 2.24) is 23.1 Å². The van der Waals surface area contributed by atoms with E-state index in [1.165, 1.54) is 18.1 Å². The number of rotatable bonds is 3. The molecule has 0 radical (unpaired) electrons. The van der Waals surface area contributed by atoms with Crippen LogP contribution in [0.25, 0.3) is 16.9 Å². The van der Waals surface area contributed by atoms with Crippen molar-refractivity contribution >= 4 is 22.9 Å². The van der Waals surface area contributed by atoms with E-state index in [2.05, 4.69) is 30.1 Å². The van der Waals surface area contributed by atoms with Crippen LogP contribution in [0, 0.1) is 18.3 Å². The molecule has 3 aromatic rings. The van der Waals surface area contributed by atoms with Gasteiger partial charge in [0.2, 0.25) is 5.78 Å². The molecule has 1 aliphatic carbocycles. The van der Waals surface area contributed by atoms with E-state index in [4.69, 9.17) is 4.98 Å². The van der Waals surface area contributed by atoms with Crippen LogP contribution in [0.1, 0.15) is 51.8 Å². The highest BCUT2D eigenvalue weighted by Gasteiger charge is 2.34. The normalized spacial score (nSPS) is 21.4. The molecule has 3 aromatic heterocycles. The summed E-state index contributed by atoms with van der Waals surface area (Å²) in [5.41, 5.74) is 0.721. The fraction of sp³-hybridized carbons (Fsp3) is 0.619. The Labute approximate surface area is 173 Å². The summed E-state index contributed by atoms with van der Waals surface area (Å²) < 4.78 is 10.8. The highest BCUT2D eigenvalue weighted by atomic mass is 16.5. The molecule has 9 nitrogen and oxygen atoms in total. The number of esters is 1. The van der Waals surface area contributed by atoms with E-state index in [0.29, 0.717) is 22.9 Å². The highest BCUT2D eigenvalue weighted by Crippen LogP contribution is 2.44. The van der Waals surface area contributed by atoms with Gasteiger partial charge in [0, 0.05) is 25.0 Å². The Morgan fingerprint density at radius 2 is 2.00 bits per heavy atom. The van der Waals surface area contributed by atoms with Gasteiger partial charge < -0.3 is 9.30 Å². The second kappa shape index (κ2) is 6.85. The zero-order valence-electron chi connectivity index (χ0n) is 18.4. The highest BCUT2D eigenvalue weighted by molar-refractivity contribution is 5.76. The number of nitrogens with zero attached hydrogens (tertiary/aromatic N) is 5. The Balaban J connectivity index is 1.97. The van der Waals surface area contributed by atoms with Gasteiger partial charge in [0.05, 0.1) is 7.11 Å². The zero-order chi connectivity index (χ0) is 22.0. The Kier molecular flexibility index (Phi) is 4.67. The minimum atomic E-state index is -0.651. The van der Waals surface area contributed by atoms with Crippen LogP contribution < -0.4 is 11.2 Å². The third-order valence-electron chi connectivity index (χ3n) is 6.31. The lowest BCUT2D eigenvalue weighted by Crippen LogP contribution is -2.41. The number of carbonyl (C=O) groups is 1. The topological polar surface area (TPSA) is 92.5 Å². The largest absolute Gasteiger partial charge is 0.468 e. The molecule has 0 N–H and O–H groups in total. The third-order valence-corrected chi connectivity index (χ3v) is 6.31. The lowest BCUT2D eigenvalue weighted by Gasteiger charge is -2.39. The van der Waals surface area contributed by atoms with Crippen LogP contribution in [-0.2, 0) is 23.1 Å². The first-order valence-electron chi connectivity index (χ1n) is 10.3. The maximum absolute atomic E-state index is 13.2. The van der Waals surface area contributed by atoms with Gasteiger partial charge in [0.15, 0.2) is 11.2 Å². The number of hydrogen-bond donors (Lipinski definition) is 0. The summed E-state index contributed by atoms with van der Waals surface area (Å²) in [7, 11) is 2.79. The molecule has 0 amide bonds. The number of ether oxygens (including phenoxy) is 1. The van der Waals surface area contributed by atoms with Crippen LogP contribution in [0.2, 0.25) is 0 Å². The van der Waals surface area contributed by atoms with Crippen molar-refractivity contribution in [3.8, 4) is 0 Å². The lowest BCUT2D eigenvalue weighted by atomic mass is 9.70. The minimum absolute atomic E-state index is 0.224. The quantitative estimate of drug-likeness (QED) is 0.610. The van der Waals surface area contributed by atoms with Crippen LogP contribution in [0.3, 0.4) is 0 Å². The maximum atomic E-state index is 13.2. The molecule has 4 rings (SSSR count). The van der Waals surface area contributed by atoms with Gasteiger partial charge in [0.1, 0.15) is 6.54 Å². The first-order valence-corrected chi connectivity index (χ1v) is 10.3. The molecule has 2 atom stereocenters. The average Bonchev–Trinajstić information content (AvgIpc) is 3.15. The SMILES string of the molecule is COC(=O)Cn1c(=O)c2c(nc3n([C@H]4C[C@@H](C)CC(C)(C)C4)c(C)cn23)n(C)c1=O. The molecule has 3 heterocycles. The van der Waals surface area contributed by atoms with E-state index in [9.17, 15) is 14.4 Å². The molecule has 9 heteroatoms. The minimum Gasteiger partial charge on any atom is -0.468 e. The molecule has 0 spiro atoms. The zero-order valence-corrected chi connectivity index (χ0v) is 18.4. The molecule has 0 bridgehead atoms. The molecule has 1 aliphatic rings. The number of carbonyl (C=O) groups excluding carboxylic acids is 1. The van der Waals surface area contributed by atoms with E-state index in [-0.39, 0.29) is 11.5 Å². The van der Waals surface area contributed by atoms with Gasteiger partial charge in [-0.05, 0) is 37.5 Å². The van der Waals surface area contributed by atoms with Crippen LogP contribution in [0.15, 0.2) is 15.8 Å². The monoisotopic (exact) mass is 415 g/mol. The maximum Gasteiger partial charge on any atom is 0.333 e. The summed E-state index contributed by atoms with van der Waals surface area (Å²) in [6.45, 7) is 8.45. The second-order valence-electron chi connectivity index (χ2n) is 9.47. The Morgan fingerprint density at radius 3 is 2.63 bits per heavy atom. The lowest BCUT2D eigenvalue weighted by molar-refractivity contribution is -0.141. The van der Waals surface area contributed by atoms with E-state index >= 15 is 0 Å². The molecule has 0 saturated heterocycles. The molecule has 0 unspecified atom stereocenters. The van der Waals surface area contributed by atoms with Gasteiger partial charge >= 0.3 is 11.7 Å². The van der Waals surface area contributed by atoms with E-state index in [1.54, 1.807) is 11.4 Å². The predicted octanol–water partition coefficient (Wildman–Crippen LogP) is 2.02. The smallest absolute Gasteiger partial charge is 0.333 e. The fourth-order valence-electron chi connectivity index (χ4n) is 5.30. The van der Waals surface area contributed by atoms with E-state index in [0.717, 1.165) is 23.1 Å². The average molecular weight is 415 g/mol.